The van der Waals surface area contributed by atoms with Gasteiger partial charge in [-0.15, -0.1) is 10.2 Å². The lowest BCUT2D eigenvalue weighted by atomic mass is 10.1. The molecule has 0 aliphatic carbocycles. The molecule has 2 aromatic rings. The molecule has 0 saturated heterocycles. The van der Waals surface area contributed by atoms with Crippen molar-refractivity contribution in [3.8, 4) is 6.07 Å². The number of anilines is 1. The molecule has 3 rings (SSSR count). The Bertz CT molecular complexity index is 665. The molecular formula is C15H17N5. The average Bonchev–Trinajstić information content (AvgIpc) is 2.90. The standard InChI is InChI=1S/C15H17N5/c1-11-5-6-12(9-16)8-13(11)17-10-15-19-18-14-4-2-3-7-20(14)15/h5-6,8,17H,2-4,7,10H2,1H3. The van der Waals surface area contributed by atoms with E-state index in [9.17, 15) is 0 Å². The first-order chi connectivity index (χ1) is 9.78. The third-order valence-corrected chi connectivity index (χ3v) is 3.74. The molecule has 0 spiro atoms. The number of rotatable bonds is 3. The van der Waals surface area contributed by atoms with Gasteiger partial charge in [0.1, 0.15) is 5.82 Å². The van der Waals surface area contributed by atoms with Gasteiger partial charge in [0.15, 0.2) is 5.82 Å². The molecule has 0 bridgehead atoms. The molecule has 102 valence electrons. The fraction of sp³-hybridized carbons (Fsp3) is 0.400. The minimum Gasteiger partial charge on any atom is -0.377 e. The minimum atomic E-state index is 0.642. The van der Waals surface area contributed by atoms with Crippen molar-refractivity contribution in [2.45, 2.75) is 39.3 Å². The summed E-state index contributed by atoms with van der Waals surface area (Å²) in [5.41, 5.74) is 2.78. The number of benzene rings is 1. The second-order valence-corrected chi connectivity index (χ2v) is 5.14. The van der Waals surface area contributed by atoms with Crippen molar-refractivity contribution in [1.82, 2.24) is 14.8 Å². The zero-order valence-corrected chi connectivity index (χ0v) is 11.6. The Kier molecular flexibility index (Phi) is 3.38. The number of nitriles is 1. The van der Waals surface area contributed by atoms with Gasteiger partial charge in [-0.05, 0) is 37.5 Å². The number of aryl methyl sites for hydroxylation is 2. The van der Waals surface area contributed by atoms with Gasteiger partial charge in [0.25, 0.3) is 0 Å². The molecule has 0 fully saturated rings. The van der Waals surface area contributed by atoms with Crippen LogP contribution in [0.25, 0.3) is 0 Å². The van der Waals surface area contributed by atoms with E-state index < -0.39 is 0 Å². The van der Waals surface area contributed by atoms with Crippen LogP contribution in [0, 0.1) is 18.3 Å². The van der Waals surface area contributed by atoms with Crippen molar-refractivity contribution in [2.24, 2.45) is 0 Å². The molecule has 2 heterocycles. The van der Waals surface area contributed by atoms with Crippen molar-refractivity contribution in [1.29, 1.82) is 5.26 Å². The van der Waals surface area contributed by atoms with Gasteiger partial charge in [-0.1, -0.05) is 6.07 Å². The highest BCUT2D eigenvalue weighted by atomic mass is 15.3. The van der Waals surface area contributed by atoms with E-state index in [2.05, 4.69) is 26.2 Å². The van der Waals surface area contributed by atoms with E-state index in [-0.39, 0.29) is 0 Å². The number of nitrogens with one attached hydrogen (secondary N) is 1. The van der Waals surface area contributed by atoms with Gasteiger partial charge in [-0.3, -0.25) is 0 Å². The highest BCUT2D eigenvalue weighted by Gasteiger charge is 2.15. The molecule has 20 heavy (non-hydrogen) atoms. The van der Waals surface area contributed by atoms with E-state index in [4.69, 9.17) is 5.26 Å². The maximum absolute atomic E-state index is 8.96. The first-order valence-corrected chi connectivity index (χ1v) is 6.93. The van der Waals surface area contributed by atoms with Crippen LogP contribution in [0.3, 0.4) is 0 Å². The van der Waals surface area contributed by atoms with Crippen molar-refractivity contribution < 1.29 is 0 Å². The molecule has 1 aliphatic rings. The van der Waals surface area contributed by atoms with Crippen LogP contribution in [0.4, 0.5) is 5.69 Å². The smallest absolute Gasteiger partial charge is 0.152 e. The number of nitrogens with zero attached hydrogens (tertiary/aromatic N) is 4. The molecule has 1 aliphatic heterocycles. The van der Waals surface area contributed by atoms with Crippen LogP contribution in [-0.2, 0) is 19.5 Å². The second kappa shape index (κ2) is 5.33. The van der Waals surface area contributed by atoms with E-state index in [0.717, 1.165) is 35.9 Å². The Morgan fingerprint density at radius 3 is 3.10 bits per heavy atom. The normalized spacial score (nSPS) is 13.6. The lowest BCUT2D eigenvalue weighted by Gasteiger charge is -2.15. The van der Waals surface area contributed by atoms with Crippen LogP contribution in [0.1, 0.15) is 35.6 Å². The predicted octanol–water partition coefficient (Wildman–Crippen LogP) is 2.41. The number of hydrogen-bond acceptors (Lipinski definition) is 4. The van der Waals surface area contributed by atoms with Gasteiger partial charge in [0.2, 0.25) is 0 Å². The molecule has 0 unspecified atom stereocenters. The van der Waals surface area contributed by atoms with Crippen LogP contribution in [0.15, 0.2) is 18.2 Å². The third kappa shape index (κ3) is 2.37. The van der Waals surface area contributed by atoms with Crippen LogP contribution in [-0.4, -0.2) is 14.8 Å². The average molecular weight is 267 g/mol. The first kappa shape index (κ1) is 12.7. The van der Waals surface area contributed by atoms with E-state index >= 15 is 0 Å². The summed E-state index contributed by atoms with van der Waals surface area (Å²) in [4.78, 5) is 0. The summed E-state index contributed by atoms with van der Waals surface area (Å²) < 4.78 is 2.21. The summed E-state index contributed by atoms with van der Waals surface area (Å²) in [7, 11) is 0. The van der Waals surface area contributed by atoms with Gasteiger partial charge >= 0.3 is 0 Å². The third-order valence-electron chi connectivity index (χ3n) is 3.74. The second-order valence-electron chi connectivity index (χ2n) is 5.14. The molecule has 0 amide bonds. The van der Waals surface area contributed by atoms with Crippen LogP contribution in [0.5, 0.6) is 0 Å². The summed E-state index contributed by atoms with van der Waals surface area (Å²) in [6.45, 7) is 3.68. The van der Waals surface area contributed by atoms with Gasteiger partial charge in [0, 0.05) is 18.7 Å². The summed E-state index contributed by atoms with van der Waals surface area (Å²) in [5.74, 6) is 2.07. The lowest BCUT2D eigenvalue weighted by molar-refractivity contribution is 0.510. The van der Waals surface area contributed by atoms with Gasteiger partial charge in [-0.2, -0.15) is 5.26 Å². The summed E-state index contributed by atoms with van der Waals surface area (Å²) in [6, 6.07) is 7.83. The van der Waals surface area contributed by atoms with E-state index in [1.807, 2.05) is 25.1 Å². The number of aromatic nitrogens is 3. The predicted molar refractivity (Wildman–Crippen MR) is 76.2 cm³/mol. The highest BCUT2D eigenvalue weighted by Crippen LogP contribution is 2.19. The van der Waals surface area contributed by atoms with E-state index in [0.29, 0.717) is 12.1 Å². The van der Waals surface area contributed by atoms with Crippen LogP contribution in [0.2, 0.25) is 0 Å². The fourth-order valence-corrected chi connectivity index (χ4v) is 2.56. The van der Waals surface area contributed by atoms with Gasteiger partial charge in [-0.25, -0.2) is 0 Å². The Balaban J connectivity index is 1.77. The highest BCUT2D eigenvalue weighted by molar-refractivity contribution is 5.55. The Labute approximate surface area is 118 Å². The first-order valence-electron chi connectivity index (χ1n) is 6.93. The van der Waals surface area contributed by atoms with Crippen LogP contribution >= 0.6 is 0 Å². The van der Waals surface area contributed by atoms with Crippen molar-refractivity contribution in [3.05, 3.63) is 41.0 Å². The molecule has 1 aromatic carbocycles. The largest absolute Gasteiger partial charge is 0.377 e. The summed E-state index contributed by atoms with van der Waals surface area (Å²) >= 11 is 0. The minimum absolute atomic E-state index is 0.642. The Hall–Kier alpha value is -2.35. The van der Waals surface area contributed by atoms with E-state index in [1.165, 1.54) is 12.8 Å². The molecule has 0 radical (unpaired) electrons. The van der Waals surface area contributed by atoms with Crippen molar-refractivity contribution in [2.75, 3.05) is 5.32 Å². The molecule has 0 saturated carbocycles. The molecule has 0 atom stereocenters. The monoisotopic (exact) mass is 267 g/mol. The SMILES string of the molecule is Cc1ccc(C#N)cc1NCc1nnc2n1CCCC2. The molecule has 1 aromatic heterocycles. The van der Waals surface area contributed by atoms with Crippen LogP contribution < -0.4 is 5.32 Å². The number of hydrogen-bond donors (Lipinski definition) is 1. The lowest BCUT2D eigenvalue weighted by Crippen LogP contribution is -2.15. The van der Waals surface area contributed by atoms with Crippen molar-refractivity contribution in [3.63, 3.8) is 0 Å². The van der Waals surface area contributed by atoms with Crippen molar-refractivity contribution >= 4 is 5.69 Å². The van der Waals surface area contributed by atoms with Gasteiger partial charge < -0.3 is 9.88 Å². The summed E-state index contributed by atoms with van der Waals surface area (Å²) in [5, 5.41) is 20.8. The maximum Gasteiger partial charge on any atom is 0.152 e. The quantitative estimate of drug-likeness (QED) is 0.927. The van der Waals surface area contributed by atoms with Gasteiger partial charge in [0.05, 0.1) is 18.2 Å². The Morgan fingerprint density at radius 2 is 2.25 bits per heavy atom. The fourth-order valence-electron chi connectivity index (χ4n) is 2.56. The zero-order chi connectivity index (χ0) is 13.9. The molecule has 5 heteroatoms. The van der Waals surface area contributed by atoms with E-state index in [1.54, 1.807) is 0 Å². The topological polar surface area (TPSA) is 66.5 Å². The molecular weight excluding hydrogens is 250 g/mol. The summed E-state index contributed by atoms with van der Waals surface area (Å²) in [6.07, 6.45) is 3.42. The zero-order valence-electron chi connectivity index (χ0n) is 11.6. The molecule has 5 nitrogen and oxygen atoms in total. The Morgan fingerprint density at radius 1 is 1.35 bits per heavy atom. The molecule has 1 N–H and O–H groups in total. The number of fused-ring (bicyclic) bond motifs is 1. The maximum atomic E-state index is 8.96.